The third kappa shape index (κ3) is 4.14. The number of aliphatic hydroxyl groups excluding tert-OH is 1. The summed E-state index contributed by atoms with van der Waals surface area (Å²) in [6.45, 7) is 4.05. The Morgan fingerprint density at radius 3 is 2.31 bits per heavy atom. The lowest BCUT2D eigenvalue weighted by Gasteiger charge is -2.45. The highest BCUT2D eigenvalue weighted by molar-refractivity contribution is 6.30. The molecule has 1 heterocycles. The van der Waals surface area contributed by atoms with Crippen molar-refractivity contribution in [3.05, 3.63) is 118 Å². The van der Waals surface area contributed by atoms with Crippen molar-refractivity contribution in [2.75, 3.05) is 4.90 Å². The van der Waals surface area contributed by atoms with Crippen LogP contribution in [0.5, 0.6) is 0 Å². The topological polar surface area (TPSA) is 64.4 Å². The molecule has 4 nitrogen and oxygen atoms in total. The molecule has 1 unspecified atom stereocenters. The number of nitrogens with one attached hydrogen (secondary N) is 1. The van der Waals surface area contributed by atoms with E-state index in [0.717, 1.165) is 0 Å². The first-order valence-electron chi connectivity index (χ1n) is 11.8. The quantitative estimate of drug-likeness (QED) is 0.362. The van der Waals surface area contributed by atoms with Gasteiger partial charge in [0.15, 0.2) is 5.78 Å². The summed E-state index contributed by atoms with van der Waals surface area (Å²) in [6.07, 6.45) is 0.826. The number of rotatable bonds is 3. The van der Waals surface area contributed by atoms with Crippen LogP contribution in [0.4, 0.5) is 10.1 Å². The molecule has 0 aromatic heterocycles. The zero-order chi connectivity index (χ0) is 25.6. The first-order chi connectivity index (χ1) is 17.2. The van der Waals surface area contributed by atoms with Gasteiger partial charge in [-0.3, -0.25) is 15.1 Å². The molecule has 0 fully saturated rings. The number of ketones is 1. The van der Waals surface area contributed by atoms with Crippen LogP contribution < -0.4 is 4.90 Å². The van der Waals surface area contributed by atoms with Crippen molar-refractivity contribution < 1.29 is 14.3 Å². The maximum Gasteiger partial charge on any atom is 0.162 e. The Kier molecular flexibility index (Phi) is 6.05. The van der Waals surface area contributed by atoms with Crippen molar-refractivity contribution in [3.63, 3.8) is 0 Å². The molecule has 3 aromatic rings. The summed E-state index contributed by atoms with van der Waals surface area (Å²) < 4.78 is 15.3. The second kappa shape index (κ2) is 9.07. The van der Waals surface area contributed by atoms with Gasteiger partial charge in [0, 0.05) is 51.0 Å². The highest BCUT2D eigenvalue weighted by Crippen LogP contribution is 2.51. The molecule has 1 aliphatic carbocycles. The molecule has 0 bridgehead atoms. The summed E-state index contributed by atoms with van der Waals surface area (Å²) in [4.78, 5) is 15.5. The van der Waals surface area contributed by atoms with Crippen molar-refractivity contribution in [1.29, 1.82) is 5.41 Å². The number of nitrogens with zero attached hydrogens (tertiary/aromatic N) is 1. The minimum atomic E-state index is -0.923. The molecule has 3 aromatic carbocycles. The van der Waals surface area contributed by atoms with Gasteiger partial charge >= 0.3 is 0 Å². The summed E-state index contributed by atoms with van der Waals surface area (Å²) in [5.74, 6) is -1.70. The van der Waals surface area contributed by atoms with E-state index in [4.69, 9.17) is 11.6 Å². The number of para-hydroxylation sites is 1. The molecule has 2 N–H and O–H groups in total. The molecule has 36 heavy (non-hydrogen) atoms. The average Bonchev–Trinajstić information content (AvgIpc) is 2.83. The number of hydrogen-bond acceptors (Lipinski definition) is 3. The number of allylic oxidation sites excluding steroid dienone is 2. The van der Waals surface area contributed by atoms with Gasteiger partial charge in [0.05, 0.1) is 0 Å². The van der Waals surface area contributed by atoms with Gasteiger partial charge in [-0.2, -0.15) is 0 Å². The van der Waals surface area contributed by atoms with Crippen molar-refractivity contribution in [1.82, 2.24) is 0 Å². The SMILES string of the molecule is CC1(C)CC(=O)C2=C(C1)N(c1ccccc1)C(=N)/C(=C(/O)c1ccc(Cl)cc1)C2c1ccccc1F. The van der Waals surface area contributed by atoms with Gasteiger partial charge in [-0.05, 0) is 54.3 Å². The third-order valence-electron chi connectivity index (χ3n) is 6.83. The highest BCUT2D eigenvalue weighted by atomic mass is 35.5. The third-order valence-corrected chi connectivity index (χ3v) is 7.08. The van der Waals surface area contributed by atoms with Gasteiger partial charge in [-0.25, -0.2) is 4.39 Å². The van der Waals surface area contributed by atoms with E-state index >= 15 is 4.39 Å². The molecule has 0 saturated carbocycles. The molecule has 6 heteroatoms. The van der Waals surface area contributed by atoms with Crippen molar-refractivity contribution in [2.45, 2.75) is 32.6 Å². The predicted molar refractivity (Wildman–Crippen MR) is 142 cm³/mol. The van der Waals surface area contributed by atoms with Crippen LogP contribution in [-0.4, -0.2) is 16.7 Å². The van der Waals surface area contributed by atoms with Gasteiger partial charge in [0.2, 0.25) is 0 Å². The van der Waals surface area contributed by atoms with Crippen molar-refractivity contribution in [2.24, 2.45) is 5.41 Å². The Balaban J connectivity index is 1.87. The summed E-state index contributed by atoms with van der Waals surface area (Å²) in [6, 6.07) is 22.2. The zero-order valence-electron chi connectivity index (χ0n) is 20.1. The lowest BCUT2D eigenvalue weighted by molar-refractivity contribution is -0.118. The van der Waals surface area contributed by atoms with Crippen LogP contribution in [0.25, 0.3) is 5.76 Å². The summed E-state index contributed by atoms with van der Waals surface area (Å²) >= 11 is 6.07. The fraction of sp³-hybridized carbons (Fsp3) is 0.200. The first-order valence-corrected chi connectivity index (χ1v) is 12.2. The fourth-order valence-electron chi connectivity index (χ4n) is 5.26. The molecule has 0 radical (unpaired) electrons. The second-order valence-corrected chi connectivity index (χ2v) is 10.5. The van der Waals surface area contributed by atoms with E-state index in [1.165, 1.54) is 6.07 Å². The molecular weight excluding hydrogens is 475 g/mol. The maximum atomic E-state index is 15.3. The van der Waals surface area contributed by atoms with Gasteiger partial charge in [0.25, 0.3) is 0 Å². The lowest BCUT2D eigenvalue weighted by atomic mass is 9.67. The molecular formula is C30H26ClFN2O2. The number of aliphatic hydroxyl groups is 1. The number of halogens is 2. The number of hydrogen-bond donors (Lipinski definition) is 2. The summed E-state index contributed by atoms with van der Waals surface area (Å²) in [7, 11) is 0. The van der Waals surface area contributed by atoms with Crippen molar-refractivity contribution >= 4 is 34.7 Å². The van der Waals surface area contributed by atoms with Crippen LogP contribution >= 0.6 is 11.6 Å². The monoisotopic (exact) mass is 500 g/mol. The van der Waals surface area contributed by atoms with Gasteiger partial charge in [0.1, 0.15) is 17.4 Å². The Bertz CT molecular complexity index is 1420. The molecule has 0 spiro atoms. The standard InChI is InChI=1S/C30H26ClFN2O2/c1-30(2)16-23-26(24(35)17-30)25(21-10-6-7-11-22(21)32)27(28(36)18-12-14-19(31)15-13-18)29(33)34(23)20-8-4-3-5-9-20/h3-15,25,33,36H,16-17H2,1-2H3/b28-27+,33-29?. The molecule has 0 saturated heterocycles. The Labute approximate surface area is 214 Å². The maximum absolute atomic E-state index is 15.3. The molecule has 182 valence electrons. The van der Waals surface area contributed by atoms with Crippen LogP contribution in [0, 0.1) is 16.6 Å². The van der Waals surface area contributed by atoms with Gasteiger partial charge in [-0.15, -0.1) is 0 Å². The second-order valence-electron chi connectivity index (χ2n) is 10.0. The van der Waals surface area contributed by atoms with Gasteiger partial charge in [-0.1, -0.05) is 61.8 Å². The van der Waals surface area contributed by atoms with Gasteiger partial charge < -0.3 is 5.11 Å². The number of carbonyl (C=O) groups excluding carboxylic acids is 1. The Morgan fingerprint density at radius 1 is 1.00 bits per heavy atom. The molecule has 2 aliphatic rings. The van der Waals surface area contributed by atoms with E-state index < -0.39 is 11.7 Å². The Hall–Kier alpha value is -3.70. The average molecular weight is 501 g/mol. The first kappa shape index (κ1) is 24.0. The molecule has 0 amide bonds. The Morgan fingerprint density at radius 2 is 1.64 bits per heavy atom. The van der Waals surface area contributed by atoms with E-state index in [9.17, 15) is 15.3 Å². The largest absolute Gasteiger partial charge is 0.507 e. The summed E-state index contributed by atoms with van der Waals surface area (Å²) in [5.41, 5.74) is 2.34. The molecule has 1 atom stereocenters. The van der Waals surface area contributed by atoms with Crippen LogP contribution in [0.2, 0.25) is 5.02 Å². The highest BCUT2D eigenvalue weighted by Gasteiger charge is 2.47. The number of amidine groups is 1. The van der Waals surface area contributed by atoms with E-state index in [-0.39, 0.29) is 33.9 Å². The van der Waals surface area contributed by atoms with Crippen LogP contribution in [0.1, 0.15) is 43.7 Å². The smallest absolute Gasteiger partial charge is 0.162 e. The van der Waals surface area contributed by atoms with E-state index in [0.29, 0.717) is 40.4 Å². The minimum absolute atomic E-state index is 0.00570. The van der Waals surface area contributed by atoms with E-state index in [1.807, 2.05) is 44.2 Å². The molecule has 1 aliphatic heterocycles. The van der Waals surface area contributed by atoms with Crippen molar-refractivity contribution in [3.8, 4) is 0 Å². The molecule has 5 rings (SSSR count). The van der Waals surface area contributed by atoms with Crippen LogP contribution in [-0.2, 0) is 4.79 Å². The number of benzene rings is 3. The van der Waals surface area contributed by atoms with Crippen LogP contribution in [0.15, 0.2) is 95.7 Å². The minimum Gasteiger partial charge on any atom is -0.507 e. The number of carbonyl (C=O) groups is 1. The van der Waals surface area contributed by atoms with Crippen LogP contribution in [0.3, 0.4) is 0 Å². The fourth-order valence-corrected chi connectivity index (χ4v) is 5.39. The lowest BCUT2D eigenvalue weighted by Crippen LogP contribution is -2.45. The zero-order valence-corrected chi connectivity index (χ0v) is 20.8. The number of anilines is 1. The van der Waals surface area contributed by atoms with E-state index in [1.54, 1.807) is 47.4 Å². The number of Topliss-reactive ketones (excluding diaryl/α,β-unsaturated/α-hetero) is 1. The summed E-state index contributed by atoms with van der Waals surface area (Å²) in [5, 5.41) is 21.4. The predicted octanol–water partition coefficient (Wildman–Crippen LogP) is 7.67. The van der Waals surface area contributed by atoms with E-state index in [2.05, 4.69) is 0 Å². The normalized spacial score (nSPS) is 20.9.